The van der Waals surface area contributed by atoms with Crippen molar-refractivity contribution in [3.05, 3.63) is 17.0 Å². The van der Waals surface area contributed by atoms with Crippen LogP contribution in [0.3, 0.4) is 0 Å². The summed E-state index contributed by atoms with van der Waals surface area (Å²) in [4.78, 5) is 8.64. The molecule has 1 heterocycles. The molecule has 1 aromatic rings. The molecule has 0 atom stereocenters. The number of aromatic nitrogens is 2. The Morgan fingerprint density at radius 1 is 1.11 bits per heavy atom. The van der Waals surface area contributed by atoms with Crippen molar-refractivity contribution in [2.75, 3.05) is 6.61 Å². The van der Waals surface area contributed by atoms with Gasteiger partial charge in [-0.25, -0.2) is 4.98 Å². The Bertz CT molecular complexity index is 405. The van der Waals surface area contributed by atoms with E-state index in [1.165, 1.54) is 0 Å². The normalized spacial score (nSPS) is 12.6. The number of halogens is 1. The molecule has 3 nitrogen and oxygen atoms in total. The first-order chi connectivity index (χ1) is 8.08. The van der Waals surface area contributed by atoms with Gasteiger partial charge in [0.15, 0.2) is 0 Å². The Balaban J connectivity index is 2.75. The molecule has 0 amide bonds. The number of rotatable bonds is 3. The van der Waals surface area contributed by atoms with E-state index in [1.54, 1.807) is 6.07 Å². The first kappa shape index (κ1) is 15.2. The van der Waals surface area contributed by atoms with Gasteiger partial charge in [0, 0.05) is 11.5 Å². The zero-order valence-electron chi connectivity index (χ0n) is 12.2. The molecule has 0 fully saturated rings. The van der Waals surface area contributed by atoms with Gasteiger partial charge in [0.2, 0.25) is 5.88 Å². The van der Waals surface area contributed by atoms with Crippen LogP contribution in [0.1, 0.15) is 53.8 Å². The molecule has 0 saturated carbocycles. The van der Waals surface area contributed by atoms with Crippen LogP contribution in [0.2, 0.25) is 5.15 Å². The highest BCUT2D eigenvalue weighted by molar-refractivity contribution is 6.29. The monoisotopic (exact) mass is 270 g/mol. The van der Waals surface area contributed by atoms with E-state index in [9.17, 15) is 0 Å². The minimum Gasteiger partial charge on any atom is -0.478 e. The molecular formula is C14H23ClN2O. The molecule has 1 rings (SSSR count). The molecule has 0 aliphatic rings. The van der Waals surface area contributed by atoms with Crippen LogP contribution < -0.4 is 4.74 Å². The zero-order valence-corrected chi connectivity index (χ0v) is 12.9. The first-order valence-corrected chi connectivity index (χ1v) is 6.64. The van der Waals surface area contributed by atoms with Crippen LogP contribution in [0.25, 0.3) is 0 Å². The lowest BCUT2D eigenvalue weighted by atomic mass is 9.93. The molecule has 0 aromatic carbocycles. The summed E-state index contributed by atoms with van der Waals surface area (Å²) in [5.74, 6) is 1.27. The molecular weight excluding hydrogens is 248 g/mol. The number of hydrogen-bond acceptors (Lipinski definition) is 3. The second-order valence-electron chi connectivity index (χ2n) is 6.76. The van der Waals surface area contributed by atoms with E-state index < -0.39 is 0 Å². The number of nitrogens with zero attached hydrogens (tertiary/aromatic N) is 2. The third-order valence-electron chi connectivity index (χ3n) is 2.44. The number of hydrogen-bond donors (Lipinski definition) is 0. The Morgan fingerprint density at radius 3 is 2.22 bits per heavy atom. The summed E-state index contributed by atoms with van der Waals surface area (Å²) in [6, 6.07) is 1.67. The summed E-state index contributed by atoms with van der Waals surface area (Å²) < 4.78 is 5.66. The first-order valence-electron chi connectivity index (χ1n) is 6.26. The summed E-state index contributed by atoms with van der Waals surface area (Å²) in [5, 5.41) is 0.431. The highest BCUT2D eigenvalue weighted by Crippen LogP contribution is 2.24. The predicted molar refractivity (Wildman–Crippen MR) is 75.3 cm³/mol. The van der Waals surface area contributed by atoms with Crippen LogP contribution >= 0.6 is 11.6 Å². The fourth-order valence-electron chi connectivity index (χ4n) is 1.27. The quantitative estimate of drug-likeness (QED) is 0.771. The molecule has 0 N–H and O–H groups in total. The van der Waals surface area contributed by atoms with Crippen LogP contribution in [0, 0.1) is 5.41 Å². The molecule has 0 aliphatic carbocycles. The molecule has 102 valence electrons. The van der Waals surface area contributed by atoms with E-state index in [4.69, 9.17) is 16.3 Å². The maximum absolute atomic E-state index is 5.99. The van der Waals surface area contributed by atoms with Gasteiger partial charge in [0.1, 0.15) is 11.0 Å². The molecule has 0 aliphatic heterocycles. The van der Waals surface area contributed by atoms with Crippen molar-refractivity contribution in [3.63, 3.8) is 0 Å². The molecule has 0 unspecified atom stereocenters. The minimum absolute atomic E-state index is 0.132. The van der Waals surface area contributed by atoms with Crippen molar-refractivity contribution in [2.24, 2.45) is 5.41 Å². The molecule has 0 bridgehead atoms. The average Bonchev–Trinajstić information content (AvgIpc) is 2.13. The SMILES string of the molecule is CC(C)(C)CCOc1cc(Cl)nc(C(C)(C)C)n1. The maximum Gasteiger partial charge on any atom is 0.218 e. The largest absolute Gasteiger partial charge is 0.478 e. The lowest BCUT2D eigenvalue weighted by Crippen LogP contribution is -2.17. The van der Waals surface area contributed by atoms with Gasteiger partial charge in [-0.2, -0.15) is 4.98 Å². The average molecular weight is 271 g/mol. The third kappa shape index (κ3) is 5.21. The molecule has 18 heavy (non-hydrogen) atoms. The highest BCUT2D eigenvalue weighted by atomic mass is 35.5. The second-order valence-corrected chi connectivity index (χ2v) is 7.15. The van der Waals surface area contributed by atoms with Gasteiger partial charge in [-0.1, -0.05) is 53.1 Å². The minimum atomic E-state index is -0.132. The van der Waals surface area contributed by atoms with Crippen molar-refractivity contribution in [2.45, 2.75) is 53.4 Å². The van der Waals surface area contributed by atoms with Crippen molar-refractivity contribution < 1.29 is 4.74 Å². The van der Waals surface area contributed by atoms with Gasteiger partial charge in [0.25, 0.3) is 0 Å². The maximum atomic E-state index is 5.99. The van der Waals surface area contributed by atoms with E-state index >= 15 is 0 Å². The summed E-state index contributed by atoms with van der Waals surface area (Å²) in [6.45, 7) is 13.4. The summed E-state index contributed by atoms with van der Waals surface area (Å²) in [6.07, 6.45) is 0.972. The Morgan fingerprint density at radius 2 is 1.72 bits per heavy atom. The standard InChI is InChI=1S/C14H23ClN2O/c1-13(2,3)7-8-18-11-9-10(15)16-12(17-11)14(4,5)6/h9H,7-8H2,1-6H3. The van der Waals surface area contributed by atoms with Crippen LogP contribution in [0.4, 0.5) is 0 Å². The van der Waals surface area contributed by atoms with Crippen molar-refractivity contribution in [1.82, 2.24) is 9.97 Å². The Hall–Kier alpha value is -0.830. The Kier molecular flexibility index (Phi) is 4.60. The fourth-order valence-corrected chi connectivity index (χ4v) is 1.44. The smallest absolute Gasteiger partial charge is 0.218 e. The lowest BCUT2D eigenvalue weighted by molar-refractivity contribution is 0.234. The van der Waals surface area contributed by atoms with Gasteiger partial charge in [-0.3, -0.25) is 0 Å². The molecule has 0 spiro atoms. The Labute approximate surface area is 115 Å². The highest BCUT2D eigenvalue weighted by Gasteiger charge is 2.19. The third-order valence-corrected chi connectivity index (χ3v) is 2.64. The number of ether oxygens (including phenoxy) is 1. The van der Waals surface area contributed by atoms with E-state index in [2.05, 4.69) is 51.5 Å². The van der Waals surface area contributed by atoms with E-state index in [1.807, 2.05) is 0 Å². The summed E-state index contributed by atoms with van der Waals surface area (Å²) >= 11 is 5.99. The fraction of sp³-hybridized carbons (Fsp3) is 0.714. The van der Waals surface area contributed by atoms with Crippen molar-refractivity contribution >= 4 is 11.6 Å². The van der Waals surface area contributed by atoms with Crippen LogP contribution in [0.15, 0.2) is 6.07 Å². The van der Waals surface area contributed by atoms with Gasteiger partial charge in [-0.05, 0) is 11.8 Å². The van der Waals surface area contributed by atoms with Gasteiger partial charge in [-0.15, -0.1) is 0 Å². The van der Waals surface area contributed by atoms with Gasteiger partial charge >= 0.3 is 0 Å². The van der Waals surface area contributed by atoms with E-state index in [0.717, 1.165) is 6.42 Å². The zero-order chi connectivity index (χ0) is 14.0. The molecule has 1 aromatic heterocycles. The summed E-state index contributed by atoms with van der Waals surface area (Å²) in [5.41, 5.74) is 0.122. The van der Waals surface area contributed by atoms with E-state index in [0.29, 0.717) is 23.5 Å². The molecule has 4 heteroatoms. The van der Waals surface area contributed by atoms with Crippen molar-refractivity contribution in [1.29, 1.82) is 0 Å². The van der Waals surface area contributed by atoms with Crippen LogP contribution in [-0.4, -0.2) is 16.6 Å². The van der Waals surface area contributed by atoms with Gasteiger partial charge < -0.3 is 4.74 Å². The second kappa shape index (κ2) is 5.43. The topological polar surface area (TPSA) is 35.0 Å². The van der Waals surface area contributed by atoms with Crippen molar-refractivity contribution in [3.8, 4) is 5.88 Å². The van der Waals surface area contributed by atoms with Gasteiger partial charge in [0.05, 0.1) is 6.61 Å². The molecule has 0 radical (unpaired) electrons. The van der Waals surface area contributed by atoms with E-state index in [-0.39, 0.29) is 10.8 Å². The lowest BCUT2D eigenvalue weighted by Gasteiger charge is -2.19. The predicted octanol–water partition coefficient (Wildman–Crippen LogP) is 4.24. The van der Waals surface area contributed by atoms with Crippen LogP contribution in [-0.2, 0) is 5.41 Å². The summed E-state index contributed by atoms with van der Waals surface area (Å²) in [7, 11) is 0. The molecule has 0 saturated heterocycles. The van der Waals surface area contributed by atoms with Crippen LogP contribution in [0.5, 0.6) is 5.88 Å².